The molecular weight excluding hydrogens is 348 g/mol. The van der Waals surface area contributed by atoms with Crippen LogP contribution < -0.4 is 11.1 Å². The van der Waals surface area contributed by atoms with Gasteiger partial charge in [-0.2, -0.15) is 0 Å². The topological polar surface area (TPSA) is 90.5 Å². The van der Waals surface area contributed by atoms with E-state index < -0.39 is 17.8 Å². The third kappa shape index (κ3) is 4.99. The van der Waals surface area contributed by atoms with Crippen LogP contribution >= 0.6 is 0 Å². The highest BCUT2D eigenvalue weighted by Gasteiger charge is 2.20. The molecular formula is C20H26N2O5. The molecule has 3 rings (SSSR count). The zero-order valence-corrected chi connectivity index (χ0v) is 15.6. The summed E-state index contributed by atoms with van der Waals surface area (Å²) in [5.74, 6) is -0.790. The van der Waals surface area contributed by atoms with Gasteiger partial charge in [0.05, 0.1) is 11.9 Å². The first-order valence-electron chi connectivity index (χ1n) is 9.60. The summed E-state index contributed by atoms with van der Waals surface area (Å²) in [4.78, 5) is 36.1. The minimum atomic E-state index is -0.848. The number of ether oxygens (including phenoxy) is 1. The summed E-state index contributed by atoms with van der Waals surface area (Å²) in [5, 5.41) is 2.87. The lowest BCUT2D eigenvalue weighted by molar-refractivity contribution is -0.155. The Kier molecular flexibility index (Phi) is 6.32. The van der Waals surface area contributed by atoms with Gasteiger partial charge in [0.1, 0.15) is 0 Å². The summed E-state index contributed by atoms with van der Waals surface area (Å²) in [6, 6.07) is 7.03. The molecule has 0 bridgehead atoms. The number of oxazole rings is 1. The molecule has 0 unspecified atom stereocenters. The van der Waals surface area contributed by atoms with Gasteiger partial charge in [0.25, 0.3) is 5.91 Å². The number of nitrogens with one attached hydrogen (secondary N) is 1. The number of esters is 1. The van der Waals surface area contributed by atoms with Gasteiger partial charge in [-0.1, -0.05) is 31.4 Å². The standard InChI is InChI=1S/C20H26N2O5/c1-14(19(24)21-13-15-7-3-2-4-8-15)26-18(23)11-12-22-16-9-5-6-10-17(16)27-20(22)25/h5-6,9-10,14-15H,2-4,7-8,11-13H2,1H3,(H,21,24)/t14-/m1/s1. The van der Waals surface area contributed by atoms with E-state index in [4.69, 9.17) is 9.15 Å². The van der Waals surface area contributed by atoms with E-state index in [0.29, 0.717) is 23.6 Å². The monoisotopic (exact) mass is 374 g/mol. The molecule has 7 nitrogen and oxygen atoms in total. The first kappa shape index (κ1) is 19.2. The number of hydrogen-bond acceptors (Lipinski definition) is 5. The van der Waals surface area contributed by atoms with Crippen molar-refractivity contribution in [3.8, 4) is 0 Å². The van der Waals surface area contributed by atoms with Crippen molar-refractivity contribution in [1.29, 1.82) is 0 Å². The predicted octanol–water partition coefficient (Wildman–Crippen LogP) is 2.61. The molecule has 7 heteroatoms. The zero-order chi connectivity index (χ0) is 19.2. The second-order valence-corrected chi connectivity index (χ2v) is 7.12. The highest BCUT2D eigenvalue weighted by Crippen LogP contribution is 2.22. The number of carbonyl (C=O) groups excluding carboxylic acids is 2. The number of aromatic nitrogens is 1. The molecule has 1 amide bonds. The van der Waals surface area contributed by atoms with Crippen molar-refractivity contribution in [2.45, 2.75) is 58.1 Å². The Hall–Kier alpha value is -2.57. The van der Waals surface area contributed by atoms with Crippen molar-refractivity contribution in [3.05, 3.63) is 34.8 Å². The number of para-hydroxylation sites is 2. The lowest BCUT2D eigenvalue weighted by Crippen LogP contribution is -2.38. The van der Waals surface area contributed by atoms with E-state index >= 15 is 0 Å². The summed E-state index contributed by atoms with van der Waals surface area (Å²) in [6.07, 6.45) is 5.13. The van der Waals surface area contributed by atoms with Crippen LogP contribution in [0.3, 0.4) is 0 Å². The number of nitrogens with zero attached hydrogens (tertiary/aromatic N) is 1. The number of benzene rings is 1. The second kappa shape index (κ2) is 8.88. The Balaban J connectivity index is 1.46. The van der Waals surface area contributed by atoms with Crippen LogP contribution in [0.1, 0.15) is 45.4 Å². The first-order chi connectivity index (χ1) is 13.0. The molecule has 1 aliphatic carbocycles. The predicted molar refractivity (Wildman–Crippen MR) is 100 cm³/mol. The van der Waals surface area contributed by atoms with Crippen LogP contribution in [0.25, 0.3) is 11.1 Å². The van der Waals surface area contributed by atoms with Crippen molar-refractivity contribution in [3.63, 3.8) is 0 Å². The molecule has 0 spiro atoms. The van der Waals surface area contributed by atoms with Gasteiger partial charge in [0, 0.05) is 13.1 Å². The molecule has 1 aromatic heterocycles. The maximum Gasteiger partial charge on any atom is 0.419 e. The van der Waals surface area contributed by atoms with E-state index in [9.17, 15) is 14.4 Å². The number of hydrogen-bond donors (Lipinski definition) is 1. The fraction of sp³-hybridized carbons (Fsp3) is 0.550. The number of aryl methyl sites for hydroxylation is 1. The van der Waals surface area contributed by atoms with E-state index in [1.54, 1.807) is 31.2 Å². The highest BCUT2D eigenvalue weighted by molar-refractivity contribution is 5.83. The van der Waals surface area contributed by atoms with Crippen LogP contribution in [0.4, 0.5) is 0 Å². The van der Waals surface area contributed by atoms with Gasteiger partial charge < -0.3 is 14.5 Å². The Bertz CT molecular complexity index is 847. The molecule has 1 aromatic carbocycles. The minimum Gasteiger partial charge on any atom is -0.452 e. The summed E-state index contributed by atoms with van der Waals surface area (Å²) in [5.41, 5.74) is 1.11. The number of carbonyl (C=O) groups is 2. The number of fused-ring (bicyclic) bond motifs is 1. The van der Waals surface area contributed by atoms with Crippen LogP contribution in [0.15, 0.2) is 33.5 Å². The van der Waals surface area contributed by atoms with E-state index in [1.807, 2.05) is 0 Å². The molecule has 1 saturated carbocycles. The quantitative estimate of drug-likeness (QED) is 0.753. The van der Waals surface area contributed by atoms with Crippen LogP contribution in [0.2, 0.25) is 0 Å². The van der Waals surface area contributed by atoms with Gasteiger partial charge in [0.15, 0.2) is 11.7 Å². The van der Waals surface area contributed by atoms with Gasteiger partial charge in [-0.15, -0.1) is 0 Å². The number of amides is 1. The molecule has 1 N–H and O–H groups in total. The summed E-state index contributed by atoms with van der Waals surface area (Å²) in [6.45, 7) is 2.34. The summed E-state index contributed by atoms with van der Waals surface area (Å²) >= 11 is 0. The van der Waals surface area contributed by atoms with Crippen molar-refractivity contribution >= 4 is 23.0 Å². The maximum atomic E-state index is 12.1. The van der Waals surface area contributed by atoms with E-state index in [0.717, 1.165) is 12.8 Å². The zero-order valence-electron chi connectivity index (χ0n) is 15.6. The van der Waals surface area contributed by atoms with Gasteiger partial charge in [-0.3, -0.25) is 14.2 Å². The summed E-state index contributed by atoms with van der Waals surface area (Å²) < 4.78 is 11.7. The van der Waals surface area contributed by atoms with Crippen molar-refractivity contribution in [2.75, 3.05) is 6.54 Å². The average Bonchev–Trinajstić information content (AvgIpc) is 3.00. The molecule has 0 saturated heterocycles. The SMILES string of the molecule is C[C@@H](OC(=O)CCn1c(=O)oc2ccccc21)C(=O)NCC1CCCCC1. The Morgan fingerprint density at radius 1 is 1.26 bits per heavy atom. The summed E-state index contributed by atoms with van der Waals surface area (Å²) in [7, 11) is 0. The molecule has 2 aromatic rings. The fourth-order valence-corrected chi connectivity index (χ4v) is 3.52. The third-order valence-corrected chi connectivity index (χ3v) is 5.08. The highest BCUT2D eigenvalue weighted by atomic mass is 16.5. The molecule has 1 aliphatic rings. The Morgan fingerprint density at radius 2 is 2.00 bits per heavy atom. The van der Waals surface area contributed by atoms with Gasteiger partial charge in [-0.25, -0.2) is 4.79 Å². The molecule has 27 heavy (non-hydrogen) atoms. The molecule has 1 fully saturated rings. The van der Waals surface area contributed by atoms with Crippen LogP contribution in [-0.2, 0) is 20.9 Å². The molecule has 1 atom stereocenters. The first-order valence-corrected chi connectivity index (χ1v) is 9.60. The fourth-order valence-electron chi connectivity index (χ4n) is 3.52. The van der Waals surface area contributed by atoms with Crippen molar-refractivity contribution in [2.24, 2.45) is 5.92 Å². The maximum absolute atomic E-state index is 12.1. The molecule has 146 valence electrons. The van der Waals surface area contributed by atoms with E-state index in [1.165, 1.54) is 23.8 Å². The molecule has 1 heterocycles. The van der Waals surface area contributed by atoms with Crippen molar-refractivity contribution in [1.82, 2.24) is 9.88 Å². The normalized spacial score (nSPS) is 16.2. The van der Waals surface area contributed by atoms with Gasteiger partial charge in [-0.05, 0) is 37.8 Å². The van der Waals surface area contributed by atoms with Gasteiger partial charge in [0.2, 0.25) is 0 Å². The van der Waals surface area contributed by atoms with Crippen LogP contribution in [0, 0.1) is 5.92 Å². The minimum absolute atomic E-state index is 0.0102. The largest absolute Gasteiger partial charge is 0.452 e. The Labute approximate surface area is 157 Å². The number of rotatable bonds is 7. The second-order valence-electron chi connectivity index (χ2n) is 7.12. The van der Waals surface area contributed by atoms with Crippen molar-refractivity contribution < 1.29 is 18.7 Å². The van der Waals surface area contributed by atoms with Crippen LogP contribution in [-0.4, -0.2) is 29.1 Å². The van der Waals surface area contributed by atoms with E-state index in [-0.39, 0.29) is 18.9 Å². The Morgan fingerprint density at radius 3 is 2.78 bits per heavy atom. The van der Waals surface area contributed by atoms with Crippen LogP contribution in [0.5, 0.6) is 0 Å². The van der Waals surface area contributed by atoms with E-state index in [2.05, 4.69) is 5.32 Å². The third-order valence-electron chi connectivity index (χ3n) is 5.08. The molecule has 0 radical (unpaired) electrons. The lowest BCUT2D eigenvalue weighted by atomic mass is 9.89. The van der Waals surface area contributed by atoms with Gasteiger partial charge >= 0.3 is 11.7 Å². The molecule has 0 aliphatic heterocycles. The smallest absolute Gasteiger partial charge is 0.419 e. The average molecular weight is 374 g/mol. The lowest BCUT2D eigenvalue weighted by Gasteiger charge is -2.22.